The van der Waals surface area contributed by atoms with Crippen LogP contribution in [-0.2, 0) is 6.54 Å². The SMILES string of the molecule is O=C1N=NCc2c[c]ccc21. The maximum atomic E-state index is 11.0. The van der Waals surface area contributed by atoms with Crippen LogP contribution in [0.4, 0.5) is 0 Å². The number of hydrogen-bond donors (Lipinski definition) is 0. The van der Waals surface area contributed by atoms with E-state index in [-0.39, 0.29) is 5.91 Å². The molecule has 11 heavy (non-hydrogen) atoms. The lowest BCUT2D eigenvalue weighted by Crippen LogP contribution is -2.03. The van der Waals surface area contributed by atoms with E-state index in [0.29, 0.717) is 12.1 Å². The first kappa shape index (κ1) is 6.22. The Morgan fingerprint density at radius 2 is 2.45 bits per heavy atom. The molecule has 1 aliphatic heterocycles. The molecule has 53 valence electrons. The van der Waals surface area contributed by atoms with Crippen molar-refractivity contribution in [1.29, 1.82) is 0 Å². The van der Waals surface area contributed by atoms with Gasteiger partial charge in [0.05, 0.1) is 6.54 Å². The molecule has 0 saturated heterocycles. The molecule has 0 unspecified atom stereocenters. The molecule has 1 aromatic carbocycles. The zero-order valence-electron chi connectivity index (χ0n) is 5.74. The molecule has 0 spiro atoms. The van der Waals surface area contributed by atoms with Crippen LogP contribution in [0.25, 0.3) is 0 Å². The maximum absolute atomic E-state index is 11.0. The Kier molecular flexibility index (Phi) is 1.28. The molecule has 0 N–H and O–H groups in total. The van der Waals surface area contributed by atoms with Crippen molar-refractivity contribution in [3.63, 3.8) is 0 Å². The highest BCUT2D eigenvalue weighted by Crippen LogP contribution is 2.15. The van der Waals surface area contributed by atoms with Crippen molar-refractivity contribution in [3.8, 4) is 0 Å². The lowest BCUT2D eigenvalue weighted by Gasteiger charge is -2.05. The fourth-order valence-corrected chi connectivity index (χ4v) is 1.03. The predicted octanol–water partition coefficient (Wildman–Crippen LogP) is 1.59. The first-order valence-electron chi connectivity index (χ1n) is 3.29. The highest BCUT2D eigenvalue weighted by molar-refractivity contribution is 5.96. The van der Waals surface area contributed by atoms with E-state index in [1.807, 2.05) is 0 Å². The summed E-state index contributed by atoms with van der Waals surface area (Å²) in [5.74, 6) is -0.250. The highest BCUT2D eigenvalue weighted by Gasteiger charge is 2.12. The molecule has 1 heterocycles. The van der Waals surface area contributed by atoms with E-state index in [9.17, 15) is 4.79 Å². The lowest BCUT2D eigenvalue weighted by molar-refractivity contribution is 0.0988. The molecule has 1 amide bonds. The van der Waals surface area contributed by atoms with Gasteiger partial charge in [0.15, 0.2) is 0 Å². The molecule has 0 aromatic heterocycles. The Labute approximate surface area is 63.8 Å². The number of hydrogen-bond acceptors (Lipinski definition) is 2. The summed E-state index contributed by atoms with van der Waals surface area (Å²) in [6.45, 7) is 0.498. The summed E-state index contributed by atoms with van der Waals surface area (Å²) in [6.07, 6.45) is 0. The second-order valence-electron chi connectivity index (χ2n) is 2.29. The maximum Gasteiger partial charge on any atom is 0.295 e. The minimum Gasteiger partial charge on any atom is -0.265 e. The van der Waals surface area contributed by atoms with Crippen molar-refractivity contribution in [1.82, 2.24) is 0 Å². The monoisotopic (exact) mass is 145 g/mol. The van der Waals surface area contributed by atoms with Crippen LogP contribution in [0.2, 0.25) is 0 Å². The molecule has 0 fully saturated rings. The van der Waals surface area contributed by atoms with Gasteiger partial charge in [-0.3, -0.25) is 4.79 Å². The topological polar surface area (TPSA) is 41.8 Å². The molecule has 0 saturated carbocycles. The predicted molar refractivity (Wildman–Crippen MR) is 38.2 cm³/mol. The van der Waals surface area contributed by atoms with Gasteiger partial charge in [-0.1, -0.05) is 6.07 Å². The molecule has 1 radical (unpaired) electrons. The van der Waals surface area contributed by atoms with E-state index < -0.39 is 0 Å². The van der Waals surface area contributed by atoms with Crippen LogP contribution in [-0.4, -0.2) is 5.91 Å². The molecule has 3 heteroatoms. The van der Waals surface area contributed by atoms with Gasteiger partial charge in [0.2, 0.25) is 0 Å². The average Bonchev–Trinajstić information content (AvgIpc) is 2.06. The van der Waals surface area contributed by atoms with Gasteiger partial charge < -0.3 is 0 Å². The van der Waals surface area contributed by atoms with Gasteiger partial charge >= 0.3 is 0 Å². The van der Waals surface area contributed by atoms with Gasteiger partial charge in [-0.25, -0.2) is 0 Å². The molecule has 3 nitrogen and oxygen atoms in total. The Morgan fingerprint density at radius 3 is 3.27 bits per heavy atom. The van der Waals surface area contributed by atoms with Crippen molar-refractivity contribution in [2.24, 2.45) is 10.2 Å². The first-order chi connectivity index (χ1) is 5.38. The van der Waals surface area contributed by atoms with Gasteiger partial charge in [0.1, 0.15) is 0 Å². The third kappa shape index (κ3) is 0.941. The van der Waals surface area contributed by atoms with Crippen LogP contribution in [0.3, 0.4) is 0 Å². The quantitative estimate of drug-likeness (QED) is 0.546. The number of fused-ring (bicyclic) bond motifs is 1. The van der Waals surface area contributed by atoms with Gasteiger partial charge in [-0.15, -0.1) is 5.11 Å². The van der Waals surface area contributed by atoms with Crippen LogP contribution < -0.4 is 0 Å². The van der Waals surface area contributed by atoms with Gasteiger partial charge in [-0.2, -0.15) is 5.11 Å². The number of carbonyl (C=O) groups excluding carboxylic acids is 1. The number of rotatable bonds is 0. The van der Waals surface area contributed by atoms with Gasteiger partial charge in [-0.05, 0) is 23.8 Å². The van der Waals surface area contributed by atoms with Crippen LogP contribution in [0.1, 0.15) is 15.9 Å². The number of carbonyl (C=O) groups is 1. The molecule has 1 aromatic rings. The zero-order valence-corrected chi connectivity index (χ0v) is 5.74. The fourth-order valence-electron chi connectivity index (χ4n) is 1.03. The zero-order chi connectivity index (χ0) is 7.68. The number of azo groups is 1. The largest absolute Gasteiger partial charge is 0.295 e. The summed E-state index contributed by atoms with van der Waals surface area (Å²) in [4.78, 5) is 11.0. The van der Waals surface area contributed by atoms with E-state index in [1.54, 1.807) is 18.2 Å². The van der Waals surface area contributed by atoms with Crippen molar-refractivity contribution in [2.75, 3.05) is 0 Å². The van der Waals surface area contributed by atoms with Crippen LogP contribution in [0.5, 0.6) is 0 Å². The van der Waals surface area contributed by atoms with E-state index in [4.69, 9.17) is 0 Å². The third-order valence-corrected chi connectivity index (χ3v) is 1.58. The van der Waals surface area contributed by atoms with Crippen molar-refractivity contribution >= 4 is 5.91 Å². The van der Waals surface area contributed by atoms with E-state index in [0.717, 1.165) is 5.56 Å². The van der Waals surface area contributed by atoms with Gasteiger partial charge in [0, 0.05) is 5.56 Å². The third-order valence-electron chi connectivity index (χ3n) is 1.58. The molecule has 0 aliphatic carbocycles. The molecule has 0 bridgehead atoms. The Bertz CT molecular complexity index is 331. The summed E-state index contributed by atoms with van der Waals surface area (Å²) >= 11 is 0. The summed E-state index contributed by atoms with van der Waals surface area (Å²) in [6, 6.07) is 8.08. The van der Waals surface area contributed by atoms with E-state index >= 15 is 0 Å². The van der Waals surface area contributed by atoms with Crippen molar-refractivity contribution in [2.45, 2.75) is 6.54 Å². The molecule has 2 rings (SSSR count). The number of amides is 1. The van der Waals surface area contributed by atoms with Crippen molar-refractivity contribution in [3.05, 3.63) is 35.4 Å². The number of benzene rings is 1. The summed E-state index contributed by atoms with van der Waals surface area (Å²) in [5.41, 5.74) is 1.56. The summed E-state index contributed by atoms with van der Waals surface area (Å²) in [7, 11) is 0. The number of nitrogens with zero attached hydrogens (tertiary/aromatic N) is 2. The summed E-state index contributed by atoms with van der Waals surface area (Å²) < 4.78 is 0. The van der Waals surface area contributed by atoms with E-state index in [1.165, 1.54) is 0 Å². The van der Waals surface area contributed by atoms with Crippen LogP contribution in [0.15, 0.2) is 28.4 Å². The Balaban J connectivity index is 2.59. The minimum atomic E-state index is -0.250. The normalized spacial score (nSPS) is 14.7. The average molecular weight is 145 g/mol. The summed E-state index contributed by atoms with van der Waals surface area (Å²) in [5, 5.41) is 7.10. The molecule has 0 atom stereocenters. The van der Waals surface area contributed by atoms with Gasteiger partial charge in [0.25, 0.3) is 5.91 Å². The second-order valence-corrected chi connectivity index (χ2v) is 2.29. The van der Waals surface area contributed by atoms with Crippen LogP contribution >= 0.6 is 0 Å². The minimum absolute atomic E-state index is 0.250. The standard InChI is InChI=1S/C8H5N2O/c11-8-7-4-2-1-3-6(7)5-9-10-8/h2-4H,5H2. The second kappa shape index (κ2) is 2.27. The molecular weight excluding hydrogens is 140 g/mol. The van der Waals surface area contributed by atoms with Crippen molar-refractivity contribution < 1.29 is 4.79 Å². The Morgan fingerprint density at radius 1 is 1.55 bits per heavy atom. The smallest absolute Gasteiger partial charge is 0.265 e. The first-order valence-corrected chi connectivity index (χ1v) is 3.29. The highest BCUT2D eigenvalue weighted by atomic mass is 16.1. The van der Waals surface area contributed by atoms with Crippen LogP contribution in [0, 0.1) is 6.07 Å². The lowest BCUT2D eigenvalue weighted by atomic mass is 10.1. The molecule has 1 aliphatic rings. The Hall–Kier alpha value is -1.51. The fraction of sp³-hybridized carbons (Fsp3) is 0.125. The van der Waals surface area contributed by atoms with E-state index in [2.05, 4.69) is 16.3 Å². The molecular formula is C8H5N2O.